The molecule has 0 aliphatic heterocycles. The van der Waals surface area contributed by atoms with E-state index in [9.17, 15) is 5.11 Å². The van der Waals surface area contributed by atoms with Gasteiger partial charge in [0.25, 0.3) is 0 Å². The van der Waals surface area contributed by atoms with Crippen LogP contribution in [0.3, 0.4) is 0 Å². The Hall–Kier alpha value is -4.34. The fourth-order valence-corrected chi connectivity index (χ4v) is 4.12. The van der Waals surface area contributed by atoms with E-state index in [-0.39, 0.29) is 26.8 Å². The van der Waals surface area contributed by atoms with E-state index < -0.39 is 0 Å². The Bertz CT molecular complexity index is 1680. The molecule has 5 nitrogen and oxygen atoms in total. The molecule has 0 fully saturated rings. The van der Waals surface area contributed by atoms with E-state index in [0.29, 0.717) is 34.3 Å². The Morgan fingerprint density at radius 1 is 0.703 bits per heavy atom. The fourth-order valence-electron chi connectivity index (χ4n) is 4.12. The number of hydrogen-bond acceptors (Lipinski definition) is 5. The minimum absolute atomic E-state index is 0. The zero-order valence-electron chi connectivity index (χ0n) is 19.5. The summed E-state index contributed by atoms with van der Waals surface area (Å²) in [7, 11) is 0. The van der Waals surface area contributed by atoms with Crippen molar-refractivity contribution in [3.8, 4) is 51.2 Å². The SMILES string of the molecule is Oc1ccccc1-c1nc(-c2[c-]c(Oc3nccc4ccccc34)ccc2)cnc1-c1ccccc1.[Pt]. The Kier molecular flexibility index (Phi) is 7.06. The molecule has 0 unspecified atom stereocenters. The molecule has 182 valence electrons. The van der Waals surface area contributed by atoms with Crippen molar-refractivity contribution in [1.29, 1.82) is 0 Å². The summed E-state index contributed by atoms with van der Waals surface area (Å²) in [5, 5.41) is 12.6. The monoisotopic (exact) mass is 661 g/mol. The van der Waals surface area contributed by atoms with E-state index in [4.69, 9.17) is 14.7 Å². The molecule has 0 amide bonds. The van der Waals surface area contributed by atoms with Crippen molar-refractivity contribution in [1.82, 2.24) is 15.0 Å². The van der Waals surface area contributed by atoms with Crippen molar-refractivity contribution in [3.05, 3.63) is 122 Å². The van der Waals surface area contributed by atoms with Crippen LogP contribution in [0, 0.1) is 6.07 Å². The van der Waals surface area contributed by atoms with Gasteiger partial charge in [0.15, 0.2) is 0 Å². The average molecular weight is 662 g/mol. The summed E-state index contributed by atoms with van der Waals surface area (Å²) in [6.45, 7) is 0. The first-order valence-corrected chi connectivity index (χ1v) is 11.5. The van der Waals surface area contributed by atoms with Gasteiger partial charge in [0.1, 0.15) is 5.75 Å². The van der Waals surface area contributed by atoms with Crippen molar-refractivity contribution >= 4 is 10.8 Å². The Morgan fingerprint density at radius 3 is 2.35 bits per heavy atom. The molecule has 1 N–H and O–H groups in total. The summed E-state index contributed by atoms with van der Waals surface area (Å²) >= 11 is 0. The average Bonchev–Trinajstić information content (AvgIpc) is 2.94. The van der Waals surface area contributed by atoms with Crippen molar-refractivity contribution in [2.45, 2.75) is 0 Å². The molecule has 2 aromatic heterocycles. The second-order valence-corrected chi connectivity index (χ2v) is 8.20. The van der Waals surface area contributed by atoms with Crippen LogP contribution >= 0.6 is 0 Å². The molecule has 4 aromatic carbocycles. The molecule has 0 spiro atoms. The van der Waals surface area contributed by atoms with E-state index in [1.807, 2.05) is 91.0 Å². The Morgan fingerprint density at radius 2 is 1.49 bits per heavy atom. The number of hydrogen-bond donors (Lipinski definition) is 1. The maximum atomic E-state index is 10.6. The molecule has 0 saturated heterocycles. The smallest absolute Gasteiger partial charge is 0.225 e. The fraction of sp³-hybridized carbons (Fsp3) is 0. The van der Waals surface area contributed by atoms with E-state index in [1.54, 1.807) is 24.5 Å². The number of ether oxygens (including phenoxy) is 1. The number of aromatic nitrogens is 3. The first-order chi connectivity index (χ1) is 17.8. The van der Waals surface area contributed by atoms with E-state index >= 15 is 0 Å². The van der Waals surface area contributed by atoms with Crippen LogP contribution in [-0.2, 0) is 21.1 Å². The van der Waals surface area contributed by atoms with Gasteiger partial charge in [-0.1, -0.05) is 66.7 Å². The molecule has 2 heterocycles. The van der Waals surface area contributed by atoms with E-state index in [0.717, 1.165) is 21.9 Å². The van der Waals surface area contributed by atoms with Gasteiger partial charge in [-0.2, -0.15) is 0 Å². The molecule has 6 aromatic rings. The predicted octanol–water partition coefficient (Wildman–Crippen LogP) is 7.32. The molecular formula is C31H20N3O2Pt-. The van der Waals surface area contributed by atoms with Gasteiger partial charge in [0.05, 0.1) is 11.4 Å². The number of phenols is 1. The van der Waals surface area contributed by atoms with Crippen molar-refractivity contribution in [2.24, 2.45) is 0 Å². The molecule has 0 aliphatic rings. The van der Waals surface area contributed by atoms with Gasteiger partial charge in [0, 0.05) is 61.4 Å². The molecule has 6 heteroatoms. The van der Waals surface area contributed by atoms with Crippen LogP contribution in [0.25, 0.3) is 44.5 Å². The quantitative estimate of drug-likeness (QED) is 0.196. The molecule has 0 aliphatic carbocycles. The standard InChI is InChI=1S/C31H20N3O2.Pt/c35-28-16-7-6-15-26(28)30-29(22-10-2-1-3-11-22)33-20-27(34-30)23-12-8-13-24(19-23)36-31-25-14-5-4-9-21(25)17-18-32-31;/h1-18,20,35H;/q-1;. The first kappa shape index (κ1) is 24.4. The van der Waals surface area contributed by atoms with Gasteiger partial charge in [-0.3, -0.25) is 9.97 Å². The van der Waals surface area contributed by atoms with Crippen LogP contribution in [0.5, 0.6) is 17.4 Å². The van der Waals surface area contributed by atoms with Crippen LogP contribution in [0.2, 0.25) is 0 Å². The zero-order valence-corrected chi connectivity index (χ0v) is 21.8. The number of pyridine rings is 1. The number of aromatic hydroxyl groups is 1. The van der Waals surface area contributed by atoms with Crippen molar-refractivity contribution in [3.63, 3.8) is 0 Å². The summed E-state index contributed by atoms with van der Waals surface area (Å²) in [6.07, 6.45) is 3.45. The summed E-state index contributed by atoms with van der Waals surface area (Å²) in [5.74, 6) is 1.18. The normalized spacial score (nSPS) is 10.6. The summed E-state index contributed by atoms with van der Waals surface area (Å²) < 4.78 is 6.13. The van der Waals surface area contributed by atoms with Gasteiger partial charge in [-0.15, -0.1) is 23.8 Å². The Labute approximate surface area is 228 Å². The van der Waals surface area contributed by atoms with Gasteiger partial charge < -0.3 is 9.84 Å². The number of para-hydroxylation sites is 1. The zero-order chi connectivity index (χ0) is 24.3. The van der Waals surface area contributed by atoms with Gasteiger partial charge in [-0.05, 0) is 29.7 Å². The van der Waals surface area contributed by atoms with Crippen LogP contribution < -0.4 is 4.74 Å². The minimum atomic E-state index is 0. The second-order valence-electron chi connectivity index (χ2n) is 8.20. The number of fused-ring (bicyclic) bond motifs is 1. The maximum Gasteiger partial charge on any atom is 0.225 e. The summed E-state index contributed by atoms with van der Waals surface area (Å²) in [6, 6.07) is 35.8. The molecule has 37 heavy (non-hydrogen) atoms. The molecule has 0 saturated carbocycles. The van der Waals surface area contributed by atoms with Crippen LogP contribution in [-0.4, -0.2) is 20.1 Å². The summed E-state index contributed by atoms with van der Waals surface area (Å²) in [5.41, 5.74) is 4.14. The van der Waals surface area contributed by atoms with Crippen molar-refractivity contribution in [2.75, 3.05) is 0 Å². The topological polar surface area (TPSA) is 68.1 Å². The minimum Gasteiger partial charge on any atom is -0.507 e. The number of benzene rings is 4. The molecule has 6 rings (SSSR count). The van der Waals surface area contributed by atoms with E-state index in [1.165, 1.54) is 0 Å². The number of rotatable bonds is 5. The van der Waals surface area contributed by atoms with Crippen molar-refractivity contribution < 1.29 is 30.9 Å². The number of nitrogens with zero attached hydrogens (tertiary/aromatic N) is 3. The molecular weight excluding hydrogens is 641 g/mol. The molecule has 0 bridgehead atoms. The third-order valence-electron chi connectivity index (χ3n) is 5.87. The van der Waals surface area contributed by atoms with E-state index in [2.05, 4.69) is 11.1 Å². The second kappa shape index (κ2) is 10.7. The van der Waals surface area contributed by atoms with Crippen LogP contribution in [0.15, 0.2) is 116 Å². The third-order valence-corrected chi connectivity index (χ3v) is 5.87. The molecule has 0 radical (unpaired) electrons. The first-order valence-electron chi connectivity index (χ1n) is 11.5. The Balaban J connectivity index is 0.00000280. The molecule has 0 atom stereocenters. The van der Waals surface area contributed by atoms with Gasteiger partial charge in [-0.25, -0.2) is 4.98 Å². The largest absolute Gasteiger partial charge is 0.507 e. The van der Waals surface area contributed by atoms with Gasteiger partial charge in [0.2, 0.25) is 5.88 Å². The third kappa shape index (κ3) is 5.00. The van der Waals surface area contributed by atoms with Gasteiger partial charge >= 0.3 is 0 Å². The predicted molar refractivity (Wildman–Crippen MR) is 141 cm³/mol. The van der Waals surface area contributed by atoms with Crippen LogP contribution in [0.4, 0.5) is 0 Å². The summed E-state index contributed by atoms with van der Waals surface area (Å²) in [4.78, 5) is 14.1. The maximum absolute atomic E-state index is 10.6. The number of phenolic OH excluding ortho intramolecular Hbond substituents is 1. The van der Waals surface area contributed by atoms with Crippen LogP contribution in [0.1, 0.15) is 0 Å².